The van der Waals surface area contributed by atoms with Crippen molar-refractivity contribution in [3.8, 4) is 0 Å². The normalized spacial score (nSPS) is 12.5. The number of rotatable bonds is 8. The Kier molecular flexibility index (Phi) is 9.37. The van der Waals surface area contributed by atoms with E-state index in [2.05, 4.69) is 110 Å². The second kappa shape index (κ2) is 11.5. The summed E-state index contributed by atoms with van der Waals surface area (Å²) in [6, 6.07) is 32.2. The molecule has 1 atom stereocenters. The topological polar surface area (TPSA) is 20.2 Å². The van der Waals surface area contributed by atoms with Crippen molar-refractivity contribution in [2.75, 3.05) is 6.16 Å². The van der Waals surface area contributed by atoms with Crippen LogP contribution in [0, 0.1) is 0 Å². The van der Waals surface area contributed by atoms with Gasteiger partial charge in [-0.15, -0.1) is 0 Å². The zero-order chi connectivity index (χ0) is 19.0. The molecule has 0 aliphatic carbocycles. The number of hydrogen-bond acceptors (Lipinski definition) is 1. The van der Waals surface area contributed by atoms with Crippen molar-refractivity contribution in [2.24, 2.45) is 0 Å². The standard InChI is InChI=1S/C25H28OP.HI/c1-2-3-7-14-22(26)21-27(23-15-8-4-9-16-23,24-17-10-5-11-18-24)25-19-12-6-13-20-25;/h3-13,15-20,22,26H,2,14,21H2,1H3;1H/q+1;/p-1/b7-3-;/t22-;/m0./s1. The van der Waals surface area contributed by atoms with Gasteiger partial charge in [0.15, 0.2) is 0 Å². The van der Waals surface area contributed by atoms with E-state index in [9.17, 15) is 5.11 Å². The smallest absolute Gasteiger partial charge is 0.114 e. The Bertz CT molecular complexity index is 738. The van der Waals surface area contributed by atoms with Gasteiger partial charge in [0.05, 0.1) is 12.3 Å². The van der Waals surface area contributed by atoms with Gasteiger partial charge in [0.1, 0.15) is 23.2 Å². The summed E-state index contributed by atoms with van der Waals surface area (Å²) in [5, 5.41) is 14.9. The highest BCUT2D eigenvalue weighted by atomic mass is 127. The number of aliphatic hydroxyl groups excluding tert-OH is 1. The van der Waals surface area contributed by atoms with Crippen LogP contribution >= 0.6 is 7.26 Å². The molecule has 1 N–H and O–H groups in total. The van der Waals surface area contributed by atoms with Gasteiger partial charge in [0.2, 0.25) is 0 Å². The van der Waals surface area contributed by atoms with Crippen LogP contribution in [0.15, 0.2) is 103 Å². The molecule has 0 aromatic heterocycles. The summed E-state index contributed by atoms with van der Waals surface area (Å²) in [5.74, 6) is 0. The Balaban J connectivity index is 0.00000280. The Morgan fingerprint density at radius 3 is 1.46 bits per heavy atom. The third-order valence-corrected chi connectivity index (χ3v) is 9.39. The van der Waals surface area contributed by atoms with Crippen molar-refractivity contribution in [3.63, 3.8) is 0 Å². The number of aliphatic hydroxyl groups is 1. The van der Waals surface area contributed by atoms with Crippen LogP contribution in [0.3, 0.4) is 0 Å². The lowest BCUT2D eigenvalue weighted by Crippen LogP contribution is -3.00. The quantitative estimate of drug-likeness (QED) is 0.283. The number of allylic oxidation sites excluding steroid dienone is 1. The molecule has 3 rings (SSSR count). The third kappa shape index (κ3) is 5.31. The van der Waals surface area contributed by atoms with Crippen molar-refractivity contribution < 1.29 is 29.1 Å². The minimum absolute atomic E-state index is 0. The fraction of sp³-hybridized carbons (Fsp3) is 0.200. The van der Waals surface area contributed by atoms with Crippen molar-refractivity contribution in [1.29, 1.82) is 0 Å². The molecule has 0 fully saturated rings. The Labute approximate surface area is 186 Å². The van der Waals surface area contributed by atoms with Crippen molar-refractivity contribution in [1.82, 2.24) is 0 Å². The Morgan fingerprint density at radius 2 is 1.11 bits per heavy atom. The monoisotopic (exact) mass is 502 g/mol. The maximum absolute atomic E-state index is 11.0. The molecular weight excluding hydrogens is 474 g/mol. The Morgan fingerprint density at radius 1 is 0.714 bits per heavy atom. The minimum atomic E-state index is -1.94. The molecule has 1 nitrogen and oxygen atoms in total. The van der Waals surface area contributed by atoms with Gasteiger partial charge < -0.3 is 29.1 Å². The first-order valence-electron chi connectivity index (χ1n) is 9.65. The van der Waals surface area contributed by atoms with E-state index in [4.69, 9.17) is 0 Å². The van der Waals surface area contributed by atoms with Gasteiger partial charge in [-0.2, -0.15) is 0 Å². The van der Waals surface area contributed by atoms with Gasteiger partial charge in [0.25, 0.3) is 0 Å². The molecule has 3 aromatic rings. The molecule has 0 aliphatic rings. The molecular formula is C25H28IOP. The molecule has 0 bridgehead atoms. The largest absolute Gasteiger partial charge is 1.00 e. The average molecular weight is 502 g/mol. The third-order valence-electron chi connectivity index (χ3n) is 4.89. The molecule has 146 valence electrons. The summed E-state index contributed by atoms with van der Waals surface area (Å²) >= 11 is 0. The average Bonchev–Trinajstić information content (AvgIpc) is 2.74. The van der Waals surface area contributed by atoms with Crippen LogP contribution in [0.5, 0.6) is 0 Å². The van der Waals surface area contributed by atoms with Crippen molar-refractivity contribution in [3.05, 3.63) is 103 Å². The highest BCUT2D eigenvalue weighted by molar-refractivity contribution is 7.95. The predicted molar refractivity (Wildman–Crippen MR) is 120 cm³/mol. The summed E-state index contributed by atoms with van der Waals surface area (Å²) in [5.41, 5.74) is 0. The van der Waals surface area contributed by atoms with Crippen LogP contribution in [0.4, 0.5) is 0 Å². The minimum Gasteiger partial charge on any atom is -1.00 e. The first-order valence-corrected chi connectivity index (χ1v) is 11.6. The van der Waals surface area contributed by atoms with E-state index in [0.717, 1.165) is 12.6 Å². The molecule has 3 heteroatoms. The molecule has 0 heterocycles. The number of halogens is 1. The highest BCUT2D eigenvalue weighted by Gasteiger charge is 2.46. The molecule has 3 aromatic carbocycles. The number of benzene rings is 3. The zero-order valence-corrected chi connectivity index (χ0v) is 19.3. The van der Waals surface area contributed by atoms with Gasteiger partial charge in [-0.1, -0.05) is 73.7 Å². The fourth-order valence-corrected chi connectivity index (χ4v) is 7.97. The summed E-state index contributed by atoms with van der Waals surface area (Å²) in [6.07, 6.45) is 6.32. The van der Waals surface area contributed by atoms with Crippen LogP contribution in [-0.2, 0) is 0 Å². The van der Waals surface area contributed by atoms with Crippen LogP contribution < -0.4 is 39.9 Å². The lowest BCUT2D eigenvalue weighted by atomic mass is 10.2. The van der Waals surface area contributed by atoms with E-state index in [-0.39, 0.29) is 30.1 Å². The highest BCUT2D eigenvalue weighted by Crippen LogP contribution is 2.55. The van der Waals surface area contributed by atoms with E-state index in [1.54, 1.807) is 0 Å². The molecule has 0 saturated heterocycles. The first kappa shape index (κ1) is 22.8. The second-order valence-corrected chi connectivity index (χ2v) is 10.3. The fourth-order valence-electron chi connectivity index (χ4n) is 3.62. The van der Waals surface area contributed by atoms with E-state index < -0.39 is 7.26 Å². The maximum Gasteiger partial charge on any atom is 0.114 e. The second-order valence-electron chi connectivity index (χ2n) is 6.77. The number of hydrogen-bond donors (Lipinski definition) is 1. The summed E-state index contributed by atoms with van der Waals surface area (Å²) < 4.78 is 0. The summed E-state index contributed by atoms with van der Waals surface area (Å²) in [4.78, 5) is 0. The Hall–Kier alpha value is -1.48. The van der Waals surface area contributed by atoms with Crippen LogP contribution in [-0.4, -0.2) is 17.4 Å². The van der Waals surface area contributed by atoms with Gasteiger partial charge >= 0.3 is 0 Å². The SMILES string of the molecule is CC/C=C\C[C@H](O)C[P+](c1ccccc1)(c1ccccc1)c1ccccc1.[I-]. The van der Waals surface area contributed by atoms with Crippen LogP contribution in [0.1, 0.15) is 19.8 Å². The van der Waals surface area contributed by atoms with E-state index in [1.807, 2.05) is 0 Å². The van der Waals surface area contributed by atoms with Crippen molar-refractivity contribution >= 4 is 23.2 Å². The molecule has 0 unspecified atom stereocenters. The summed E-state index contributed by atoms with van der Waals surface area (Å²) in [7, 11) is -1.94. The van der Waals surface area contributed by atoms with E-state index in [0.29, 0.717) is 6.42 Å². The lowest BCUT2D eigenvalue weighted by Gasteiger charge is -2.29. The molecule has 0 radical (unpaired) electrons. The molecule has 0 spiro atoms. The molecule has 0 amide bonds. The van der Waals surface area contributed by atoms with Gasteiger partial charge in [-0.25, -0.2) is 0 Å². The predicted octanol–water partition coefficient (Wildman–Crippen LogP) is 1.70. The molecule has 0 saturated carbocycles. The van der Waals surface area contributed by atoms with Crippen LogP contribution in [0.25, 0.3) is 0 Å². The first-order chi connectivity index (χ1) is 13.3. The van der Waals surface area contributed by atoms with Gasteiger partial charge in [0, 0.05) is 0 Å². The zero-order valence-electron chi connectivity index (χ0n) is 16.3. The maximum atomic E-state index is 11.0. The van der Waals surface area contributed by atoms with E-state index in [1.165, 1.54) is 15.9 Å². The van der Waals surface area contributed by atoms with E-state index >= 15 is 0 Å². The van der Waals surface area contributed by atoms with Crippen LogP contribution in [0.2, 0.25) is 0 Å². The van der Waals surface area contributed by atoms with Crippen molar-refractivity contribution in [2.45, 2.75) is 25.9 Å². The van der Waals surface area contributed by atoms with Gasteiger partial charge in [-0.3, -0.25) is 0 Å². The molecule has 28 heavy (non-hydrogen) atoms. The lowest BCUT2D eigenvalue weighted by molar-refractivity contribution is -0.00000749. The summed E-state index contributed by atoms with van der Waals surface area (Å²) in [6.45, 7) is 2.12. The molecule has 0 aliphatic heterocycles. The van der Waals surface area contributed by atoms with Gasteiger partial charge in [-0.05, 0) is 49.2 Å².